The summed E-state index contributed by atoms with van der Waals surface area (Å²) < 4.78 is 10.9. The molecule has 0 spiro atoms. The van der Waals surface area contributed by atoms with Crippen molar-refractivity contribution in [1.29, 1.82) is 0 Å². The average Bonchev–Trinajstić information content (AvgIpc) is 3.35. The summed E-state index contributed by atoms with van der Waals surface area (Å²) in [6, 6.07) is 8.88. The first-order valence-electron chi connectivity index (χ1n) is 6.83. The van der Waals surface area contributed by atoms with Crippen LogP contribution in [0.5, 0.6) is 0 Å². The van der Waals surface area contributed by atoms with Crippen LogP contribution in [0, 0.1) is 0 Å². The van der Waals surface area contributed by atoms with Crippen LogP contribution in [0.4, 0.5) is 0 Å². The molecule has 0 aromatic carbocycles. The van der Waals surface area contributed by atoms with Crippen molar-refractivity contribution in [2.24, 2.45) is 5.10 Å². The second kappa shape index (κ2) is 5.31. The summed E-state index contributed by atoms with van der Waals surface area (Å²) in [6.07, 6.45) is 3.77. The standard InChI is InChI=1S/C16H12N2O3S/c19-16(11-5-8-22-10-11)18-13(15-4-2-7-21-15)9-12(17-18)14-3-1-6-20-14/h1-8,10,13H,9H2. The fourth-order valence-electron chi connectivity index (χ4n) is 2.51. The molecule has 1 aliphatic heterocycles. The van der Waals surface area contributed by atoms with Gasteiger partial charge in [0.15, 0.2) is 0 Å². The van der Waals surface area contributed by atoms with Crippen LogP contribution in [0.15, 0.2) is 67.6 Å². The summed E-state index contributed by atoms with van der Waals surface area (Å²) >= 11 is 1.49. The molecule has 0 bridgehead atoms. The lowest BCUT2D eigenvalue weighted by Gasteiger charge is -2.19. The molecular formula is C16H12N2O3S. The third-order valence-corrected chi connectivity index (χ3v) is 4.25. The molecule has 3 aromatic rings. The summed E-state index contributed by atoms with van der Waals surface area (Å²) in [5.74, 6) is 1.26. The first-order chi connectivity index (χ1) is 10.8. The minimum Gasteiger partial charge on any atom is -0.467 e. The molecule has 6 heteroatoms. The SMILES string of the molecule is O=C(c1ccsc1)N1N=C(c2ccco2)CC1c1ccco1. The molecule has 0 aliphatic carbocycles. The number of amides is 1. The minimum absolute atomic E-state index is 0.135. The minimum atomic E-state index is -0.248. The van der Waals surface area contributed by atoms with E-state index in [2.05, 4.69) is 5.10 Å². The molecule has 1 unspecified atom stereocenters. The van der Waals surface area contributed by atoms with Crippen molar-refractivity contribution >= 4 is 23.0 Å². The maximum atomic E-state index is 12.7. The molecule has 4 rings (SSSR count). The first kappa shape index (κ1) is 13.1. The highest BCUT2D eigenvalue weighted by atomic mass is 32.1. The number of carbonyl (C=O) groups is 1. The molecule has 0 fully saturated rings. The van der Waals surface area contributed by atoms with E-state index in [-0.39, 0.29) is 11.9 Å². The quantitative estimate of drug-likeness (QED) is 0.736. The van der Waals surface area contributed by atoms with E-state index in [1.165, 1.54) is 16.3 Å². The van der Waals surface area contributed by atoms with Gasteiger partial charge < -0.3 is 8.83 Å². The van der Waals surface area contributed by atoms with Crippen molar-refractivity contribution in [3.8, 4) is 0 Å². The monoisotopic (exact) mass is 312 g/mol. The molecule has 0 saturated carbocycles. The number of carbonyl (C=O) groups excluding carboxylic acids is 1. The molecule has 3 aromatic heterocycles. The molecule has 1 atom stereocenters. The van der Waals surface area contributed by atoms with Gasteiger partial charge in [-0.2, -0.15) is 16.4 Å². The number of nitrogens with zero attached hydrogens (tertiary/aromatic N) is 2. The maximum Gasteiger partial charge on any atom is 0.275 e. The number of furan rings is 2. The van der Waals surface area contributed by atoms with Crippen LogP contribution < -0.4 is 0 Å². The zero-order valence-corrected chi connectivity index (χ0v) is 12.3. The Balaban J connectivity index is 1.71. The average molecular weight is 312 g/mol. The van der Waals surface area contributed by atoms with Gasteiger partial charge in [-0.25, -0.2) is 5.01 Å². The topological polar surface area (TPSA) is 59.0 Å². The summed E-state index contributed by atoms with van der Waals surface area (Å²) in [5.41, 5.74) is 1.38. The lowest BCUT2D eigenvalue weighted by atomic mass is 10.1. The lowest BCUT2D eigenvalue weighted by molar-refractivity contribution is 0.0693. The van der Waals surface area contributed by atoms with Crippen LogP contribution in [0.25, 0.3) is 0 Å². The van der Waals surface area contributed by atoms with Gasteiger partial charge in [-0.1, -0.05) is 0 Å². The van der Waals surface area contributed by atoms with Gasteiger partial charge >= 0.3 is 0 Å². The largest absolute Gasteiger partial charge is 0.467 e. The third-order valence-electron chi connectivity index (χ3n) is 3.56. The van der Waals surface area contributed by atoms with Gasteiger partial charge in [0.1, 0.15) is 23.3 Å². The Hall–Kier alpha value is -2.60. The Morgan fingerprint density at radius 1 is 1.23 bits per heavy atom. The molecule has 1 amide bonds. The zero-order valence-electron chi connectivity index (χ0n) is 11.5. The van der Waals surface area contributed by atoms with E-state index in [9.17, 15) is 4.79 Å². The van der Waals surface area contributed by atoms with Gasteiger partial charge in [0.2, 0.25) is 0 Å². The fraction of sp³-hybridized carbons (Fsp3) is 0.125. The van der Waals surface area contributed by atoms with Gasteiger partial charge in [-0.3, -0.25) is 4.79 Å². The molecule has 4 heterocycles. The second-order valence-electron chi connectivity index (χ2n) is 4.92. The van der Waals surface area contributed by atoms with Gasteiger partial charge in [-0.05, 0) is 35.7 Å². The van der Waals surface area contributed by atoms with Crippen molar-refractivity contribution in [1.82, 2.24) is 5.01 Å². The molecule has 5 nitrogen and oxygen atoms in total. The van der Waals surface area contributed by atoms with Crippen LogP contribution in [-0.4, -0.2) is 16.6 Å². The number of hydrazone groups is 1. The summed E-state index contributed by atoms with van der Waals surface area (Å²) in [5, 5.41) is 9.66. The highest BCUT2D eigenvalue weighted by Crippen LogP contribution is 2.34. The first-order valence-corrected chi connectivity index (χ1v) is 7.78. The molecule has 0 N–H and O–H groups in total. The van der Waals surface area contributed by atoms with Crippen LogP contribution in [-0.2, 0) is 0 Å². The van der Waals surface area contributed by atoms with Crippen molar-refractivity contribution in [3.05, 3.63) is 70.7 Å². The Morgan fingerprint density at radius 3 is 2.77 bits per heavy atom. The Morgan fingerprint density at radius 2 is 2.09 bits per heavy atom. The smallest absolute Gasteiger partial charge is 0.275 e. The highest BCUT2D eigenvalue weighted by Gasteiger charge is 2.36. The number of hydrogen-bond donors (Lipinski definition) is 0. The van der Waals surface area contributed by atoms with Gasteiger partial charge in [0.25, 0.3) is 5.91 Å². The molecule has 0 radical (unpaired) electrons. The maximum absolute atomic E-state index is 12.7. The van der Waals surface area contributed by atoms with E-state index in [0.29, 0.717) is 23.5 Å². The van der Waals surface area contributed by atoms with Crippen LogP contribution in [0.3, 0.4) is 0 Å². The highest BCUT2D eigenvalue weighted by molar-refractivity contribution is 7.08. The summed E-state index contributed by atoms with van der Waals surface area (Å²) in [6.45, 7) is 0. The van der Waals surface area contributed by atoms with Crippen molar-refractivity contribution in [3.63, 3.8) is 0 Å². The van der Waals surface area contributed by atoms with Gasteiger partial charge in [0, 0.05) is 11.8 Å². The van der Waals surface area contributed by atoms with Gasteiger partial charge in [0.05, 0.1) is 18.1 Å². The van der Waals surface area contributed by atoms with E-state index < -0.39 is 0 Å². The normalized spacial score (nSPS) is 17.7. The van der Waals surface area contributed by atoms with E-state index in [1.54, 1.807) is 18.6 Å². The Labute approximate surface area is 130 Å². The Kier molecular flexibility index (Phi) is 3.16. The van der Waals surface area contributed by atoms with Gasteiger partial charge in [-0.15, -0.1) is 0 Å². The van der Waals surface area contributed by atoms with Crippen molar-refractivity contribution in [2.75, 3.05) is 0 Å². The van der Waals surface area contributed by atoms with Crippen molar-refractivity contribution in [2.45, 2.75) is 12.5 Å². The van der Waals surface area contributed by atoms with E-state index >= 15 is 0 Å². The number of hydrogen-bond acceptors (Lipinski definition) is 5. The molecule has 110 valence electrons. The van der Waals surface area contributed by atoms with Crippen LogP contribution in [0.1, 0.15) is 34.3 Å². The molecule has 22 heavy (non-hydrogen) atoms. The predicted molar refractivity (Wildman–Crippen MR) is 81.8 cm³/mol. The van der Waals surface area contributed by atoms with E-state index in [1.807, 2.05) is 35.0 Å². The zero-order chi connectivity index (χ0) is 14.9. The van der Waals surface area contributed by atoms with E-state index in [0.717, 1.165) is 5.71 Å². The predicted octanol–water partition coefficient (Wildman–Crippen LogP) is 3.93. The lowest BCUT2D eigenvalue weighted by Crippen LogP contribution is -2.26. The van der Waals surface area contributed by atoms with Crippen LogP contribution >= 0.6 is 11.3 Å². The third kappa shape index (κ3) is 2.17. The van der Waals surface area contributed by atoms with Crippen LogP contribution in [0.2, 0.25) is 0 Å². The molecule has 0 saturated heterocycles. The summed E-state index contributed by atoms with van der Waals surface area (Å²) in [4.78, 5) is 12.7. The number of rotatable bonds is 3. The molecular weight excluding hydrogens is 300 g/mol. The fourth-order valence-corrected chi connectivity index (χ4v) is 3.14. The molecule has 1 aliphatic rings. The van der Waals surface area contributed by atoms with E-state index in [4.69, 9.17) is 8.83 Å². The second-order valence-corrected chi connectivity index (χ2v) is 5.70. The summed E-state index contributed by atoms with van der Waals surface area (Å²) in [7, 11) is 0. The number of thiophene rings is 1. The Bertz CT molecular complexity index is 789. The van der Waals surface area contributed by atoms with Crippen molar-refractivity contribution < 1.29 is 13.6 Å².